The predicted molar refractivity (Wildman–Crippen MR) is 101 cm³/mol. The lowest BCUT2D eigenvalue weighted by atomic mass is 9.89. The fourth-order valence-electron chi connectivity index (χ4n) is 3.36. The number of nitrogens with zero attached hydrogens (tertiary/aromatic N) is 2. The first-order chi connectivity index (χ1) is 13.5. The molecule has 0 bridgehead atoms. The molecule has 2 amide bonds. The van der Waals surface area contributed by atoms with E-state index >= 15 is 0 Å². The summed E-state index contributed by atoms with van der Waals surface area (Å²) in [6.45, 7) is 0.344. The molecule has 3 aromatic rings. The summed E-state index contributed by atoms with van der Waals surface area (Å²) in [4.78, 5) is 36.9. The molecule has 8 heteroatoms. The Hall–Kier alpha value is -3.55. The molecule has 0 spiro atoms. The number of aromatic nitrogens is 2. The van der Waals surface area contributed by atoms with Gasteiger partial charge in [-0.1, -0.05) is 18.2 Å². The highest BCUT2D eigenvalue weighted by molar-refractivity contribution is 6.01. The quantitative estimate of drug-likeness (QED) is 0.722. The van der Waals surface area contributed by atoms with Crippen LogP contribution in [-0.2, 0) is 16.1 Å². The summed E-state index contributed by atoms with van der Waals surface area (Å²) >= 11 is 0. The van der Waals surface area contributed by atoms with Crippen molar-refractivity contribution in [3.05, 3.63) is 70.4 Å². The molecule has 0 fully saturated rings. The van der Waals surface area contributed by atoms with E-state index in [4.69, 9.17) is 0 Å². The Bertz CT molecular complexity index is 1140. The van der Waals surface area contributed by atoms with Crippen molar-refractivity contribution in [2.45, 2.75) is 18.9 Å². The van der Waals surface area contributed by atoms with Crippen molar-refractivity contribution in [3.8, 4) is 0 Å². The molecule has 1 aliphatic heterocycles. The summed E-state index contributed by atoms with van der Waals surface area (Å²) in [5.74, 6) is -1.94. The van der Waals surface area contributed by atoms with Gasteiger partial charge in [0.2, 0.25) is 11.8 Å². The number of benzene rings is 2. The van der Waals surface area contributed by atoms with Gasteiger partial charge < -0.3 is 10.6 Å². The fraction of sp³-hybridized carbons (Fsp3) is 0.200. The number of halogens is 1. The molecule has 1 aliphatic rings. The van der Waals surface area contributed by atoms with Crippen LogP contribution < -0.4 is 16.2 Å². The molecule has 0 aliphatic carbocycles. The third-order valence-corrected chi connectivity index (χ3v) is 4.75. The van der Waals surface area contributed by atoms with Gasteiger partial charge in [0.25, 0.3) is 5.56 Å². The topological polar surface area (TPSA) is 93.1 Å². The zero-order chi connectivity index (χ0) is 19.7. The minimum atomic E-state index is -0.777. The lowest BCUT2D eigenvalue weighted by molar-refractivity contribution is -0.126. The standard InChI is InChI=1S/C20H17FN4O3/c21-13-5-6-17-15(9-13)16(10-18(26)24-17)19(27)22-7-8-25-20(28)14-4-2-1-3-12(14)11-23-25/h1-6,9,11,16H,7-8,10H2,(H,22,27)(H,24,26). The SMILES string of the molecule is O=C1CC(C(=O)NCCn2ncc3ccccc3c2=O)c2cc(F)ccc2N1. The summed E-state index contributed by atoms with van der Waals surface area (Å²) in [5.41, 5.74) is 0.639. The van der Waals surface area contributed by atoms with Crippen molar-refractivity contribution in [1.82, 2.24) is 15.1 Å². The van der Waals surface area contributed by atoms with E-state index in [9.17, 15) is 18.8 Å². The minimum Gasteiger partial charge on any atom is -0.354 e. The molecule has 0 saturated carbocycles. The van der Waals surface area contributed by atoms with E-state index in [-0.39, 0.29) is 31.0 Å². The van der Waals surface area contributed by atoms with Crippen molar-refractivity contribution >= 4 is 28.3 Å². The van der Waals surface area contributed by atoms with E-state index < -0.39 is 17.6 Å². The lowest BCUT2D eigenvalue weighted by Crippen LogP contribution is -2.37. The van der Waals surface area contributed by atoms with Crippen molar-refractivity contribution in [2.75, 3.05) is 11.9 Å². The van der Waals surface area contributed by atoms with E-state index in [0.717, 1.165) is 5.39 Å². The summed E-state index contributed by atoms with van der Waals surface area (Å²) in [5, 5.41) is 10.8. The molecule has 1 atom stereocenters. The van der Waals surface area contributed by atoms with Gasteiger partial charge in [-0.25, -0.2) is 9.07 Å². The number of fused-ring (bicyclic) bond motifs is 2. The van der Waals surface area contributed by atoms with Crippen LogP contribution in [0.1, 0.15) is 17.9 Å². The number of nitrogens with one attached hydrogen (secondary N) is 2. The predicted octanol–water partition coefficient (Wildman–Crippen LogP) is 1.78. The van der Waals surface area contributed by atoms with E-state index in [1.807, 2.05) is 6.07 Å². The molecule has 4 rings (SSSR count). The molecule has 2 heterocycles. The fourth-order valence-corrected chi connectivity index (χ4v) is 3.36. The van der Waals surface area contributed by atoms with E-state index in [2.05, 4.69) is 15.7 Å². The lowest BCUT2D eigenvalue weighted by Gasteiger charge is -2.24. The number of carbonyl (C=O) groups is 2. The first kappa shape index (κ1) is 17.8. The molecular formula is C20H17FN4O3. The average Bonchev–Trinajstić information content (AvgIpc) is 2.69. The third-order valence-electron chi connectivity index (χ3n) is 4.75. The van der Waals surface area contributed by atoms with Gasteiger partial charge in [0, 0.05) is 24.0 Å². The first-order valence-corrected chi connectivity index (χ1v) is 8.85. The molecule has 7 nitrogen and oxygen atoms in total. The number of hydrogen-bond donors (Lipinski definition) is 2. The maximum absolute atomic E-state index is 13.6. The summed E-state index contributed by atoms with van der Waals surface area (Å²) in [6.07, 6.45) is 1.54. The van der Waals surface area contributed by atoms with Crippen LogP contribution in [0.3, 0.4) is 0 Å². The Kier molecular flexibility index (Phi) is 4.60. The molecule has 0 saturated heterocycles. The monoisotopic (exact) mass is 380 g/mol. The van der Waals surface area contributed by atoms with Gasteiger partial charge >= 0.3 is 0 Å². The van der Waals surface area contributed by atoms with E-state index in [0.29, 0.717) is 16.6 Å². The molecule has 28 heavy (non-hydrogen) atoms. The number of anilines is 1. The Morgan fingerprint density at radius 1 is 1.25 bits per heavy atom. The van der Waals surface area contributed by atoms with Gasteiger partial charge in [-0.15, -0.1) is 0 Å². The van der Waals surface area contributed by atoms with Crippen LogP contribution in [0.4, 0.5) is 10.1 Å². The minimum absolute atomic E-state index is 0.0591. The number of carbonyl (C=O) groups excluding carboxylic acids is 2. The third kappa shape index (κ3) is 3.36. The highest BCUT2D eigenvalue weighted by Crippen LogP contribution is 2.32. The first-order valence-electron chi connectivity index (χ1n) is 8.85. The maximum atomic E-state index is 13.6. The van der Waals surface area contributed by atoms with Gasteiger partial charge in [-0.3, -0.25) is 14.4 Å². The van der Waals surface area contributed by atoms with Crippen molar-refractivity contribution in [2.24, 2.45) is 0 Å². The average molecular weight is 380 g/mol. The van der Waals surface area contributed by atoms with Gasteiger partial charge in [0.05, 0.1) is 24.0 Å². The second-order valence-corrected chi connectivity index (χ2v) is 6.59. The maximum Gasteiger partial charge on any atom is 0.274 e. The van der Waals surface area contributed by atoms with Crippen LogP contribution in [0.5, 0.6) is 0 Å². The normalized spacial score (nSPS) is 15.8. The molecule has 1 aromatic heterocycles. The zero-order valence-electron chi connectivity index (χ0n) is 14.8. The van der Waals surface area contributed by atoms with Crippen LogP contribution in [0.25, 0.3) is 10.8 Å². The summed E-state index contributed by atoms with van der Waals surface area (Å²) in [7, 11) is 0. The zero-order valence-corrected chi connectivity index (χ0v) is 14.8. The van der Waals surface area contributed by atoms with E-state index in [1.165, 1.54) is 22.9 Å². The summed E-state index contributed by atoms with van der Waals surface area (Å²) < 4.78 is 14.9. The second kappa shape index (κ2) is 7.22. The molecule has 2 N–H and O–H groups in total. The largest absolute Gasteiger partial charge is 0.354 e. The highest BCUT2D eigenvalue weighted by Gasteiger charge is 2.30. The van der Waals surface area contributed by atoms with Crippen LogP contribution in [0, 0.1) is 5.82 Å². The van der Waals surface area contributed by atoms with Crippen LogP contribution >= 0.6 is 0 Å². The van der Waals surface area contributed by atoms with E-state index in [1.54, 1.807) is 24.4 Å². The van der Waals surface area contributed by atoms with Gasteiger partial charge in [-0.05, 0) is 29.8 Å². The number of amides is 2. The van der Waals surface area contributed by atoms with Gasteiger partial charge in [-0.2, -0.15) is 5.10 Å². The molecular weight excluding hydrogens is 363 g/mol. The van der Waals surface area contributed by atoms with Crippen LogP contribution in [0.2, 0.25) is 0 Å². The molecule has 0 radical (unpaired) electrons. The Morgan fingerprint density at radius 3 is 2.93 bits per heavy atom. The van der Waals surface area contributed by atoms with Crippen LogP contribution in [-0.4, -0.2) is 28.1 Å². The molecule has 1 unspecified atom stereocenters. The Balaban J connectivity index is 1.47. The summed E-state index contributed by atoms with van der Waals surface area (Å²) in [6, 6.07) is 11.1. The second-order valence-electron chi connectivity index (χ2n) is 6.59. The van der Waals surface area contributed by atoms with Gasteiger partial charge in [0.1, 0.15) is 5.82 Å². The Morgan fingerprint density at radius 2 is 2.07 bits per heavy atom. The van der Waals surface area contributed by atoms with Crippen molar-refractivity contribution in [3.63, 3.8) is 0 Å². The number of hydrogen-bond acceptors (Lipinski definition) is 4. The molecule has 2 aromatic carbocycles. The van der Waals surface area contributed by atoms with Crippen LogP contribution in [0.15, 0.2) is 53.5 Å². The highest BCUT2D eigenvalue weighted by atomic mass is 19.1. The van der Waals surface area contributed by atoms with Crippen molar-refractivity contribution < 1.29 is 14.0 Å². The van der Waals surface area contributed by atoms with Crippen molar-refractivity contribution in [1.29, 1.82) is 0 Å². The Labute approximate surface area is 159 Å². The molecule has 142 valence electrons. The van der Waals surface area contributed by atoms with Gasteiger partial charge in [0.15, 0.2) is 0 Å². The number of rotatable bonds is 4. The smallest absolute Gasteiger partial charge is 0.274 e.